The fourth-order valence-electron chi connectivity index (χ4n) is 2.71. The van der Waals surface area contributed by atoms with Gasteiger partial charge in [0.25, 0.3) is 5.56 Å². The van der Waals surface area contributed by atoms with Gasteiger partial charge in [-0.2, -0.15) is 0 Å². The van der Waals surface area contributed by atoms with Gasteiger partial charge in [0, 0.05) is 25.0 Å². The lowest BCUT2D eigenvalue weighted by Gasteiger charge is -2.17. The Kier molecular flexibility index (Phi) is 4.04. The van der Waals surface area contributed by atoms with Crippen LogP contribution in [-0.2, 0) is 0 Å². The molecule has 1 aliphatic carbocycles. The first-order valence-corrected chi connectivity index (χ1v) is 6.90. The van der Waals surface area contributed by atoms with E-state index in [1.165, 1.54) is 19.3 Å². The van der Waals surface area contributed by atoms with Crippen LogP contribution in [0.3, 0.4) is 0 Å². The van der Waals surface area contributed by atoms with Gasteiger partial charge in [-0.15, -0.1) is 0 Å². The van der Waals surface area contributed by atoms with Gasteiger partial charge in [0.2, 0.25) is 0 Å². The fraction of sp³-hybridized carbons (Fsp3) is 0.714. The number of hydrogen-bond acceptors (Lipinski definition) is 3. The first-order chi connectivity index (χ1) is 8.59. The highest BCUT2D eigenvalue weighted by Gasteiger charge is 2.23. The quantitative estimate of drug-likeness (QED) is 0.892. The summed E-state index contributed by atoms with van der Waals surface area (Å²) in [6.45, 7) is 7.17. The molecule has 1 aliphatic rings. The van der Waals surface area contributed by atoms with Crippen LogP contribution in [-0.4, -0.2) is 16.1 Å². The number of rotatable bonds is 4. The summed E-state index contributed by atoms with van der Waals surface area (Å²) in [7, 11) is 0. The smallest absolute Gasteiger partial charge is 0.293 e. The maximum absolute atomic E-state index is 12.1. The summed E-state index contributed by atoms with van der Waals surface area (Å²) in [6.07, 6.45) is 7.33. The van der Waals surface area contributed by atoms with E-state index in [0.29, 0.717) is 11.7 Å². The van der Waals surface area contributed by atoms with Crippen molar-refractivity contribution in [3.05, 3.63) is 22.7 Å². The van der Waals surface area contributed by atoms with Crippen LogP contribution in [0, 0.1) is 11.8 Å². The van der Waals surface area contributed by atoms with E-state index in [-0.39, 0.29) is 11.6 Å². The van der Waals surface area contributed by atoms with E-state index in [4.69, 9.17) is 0 Å². The molecule has 4 nitrogen and oxygen atoms in total. The number of anilines is 1. The molecule has 0 aliphatic heterocycles. The third-order valence-corrected chi connectivity index (χ3v) is 4.00. The van der Waals surface area contributed by atoms with E-state index >= 15 is 0 Å². The molecule has 2 rings (SSSR count). The number of hydrogen-bond donors (Lipinski definition) is 1. The van der Waals surface area contributed by atoms with Gasteiger partial charge in [-0.3, -0.25) is 4.79 Å². The van der Waals surface area contributed by atoms with Crippen LogP contribution < -0.4 is 10.9 Å². The first-order valence-electron chi connectivity index (χ1n) is 6.90. The molecule has 2 unspecified atom stereocenters. The molecule has 0 amide bonds. The van der Waals surface area contributed by atoms with E-state index in [1.54, 1.807) is 17.0 Å². The zero-order valence-corrected chi connectivity index (χ0v) is 11.5. The highest BCUT2D eigenvalue weighted by molar-refractivity contribution is 5.31. The Morgan fingerprint density at radius 1 is 1.50 bits per heavy atom. The van der Waals surface area contributed by atoms with Crippen LogP contribution >= 0.6 is 0 Å². The Bertz CT molecular complexity index is 453. The SMILES string of the molecule is CC1CCCC1CNc1nccn(C(C)C)c1=O. The molecule has 1 fully saturated rings. The Hall–Kier alpha value is -1.32. The van der Waals surface area contributed by atoms with Gasteiger partial charge in [0.05, 0.1) is 0 Å². The molecule has 100 valence electrons. The van der Waals surface area contributed by atoms with Crippen molar-refractivity contribution in [3.8, 4) is 0 Å². The largest absolute Gasteiger partial charge is 0.365 e. The van der Waals surface area contributed by atoms with Crippen LogP contribution in [0.4, 0.5) is 5.82 Å². The summed E-state index contributed by atoms with van der Waals surface area (Å²) < 4.78 is 1.72. The normalized spacial score (nSPS) is 23.6. The molecule has 18 heavy (non-hydrogen) atoms. The molecule has 1 aromatic heterocycles. The average Bonchev–Trinajstić information content (AvgIpc) is 2.73. The van der Waals surface area contributed by atoms with Gasteiger partial charge in [0.15, 0.2) is 5.82 Å². The van der Waals surface area contributed by atoms with E-state index in [2.05, 4.69) is 17.2 Å². The van der Waals surface area contributed by atoms with Crippen molar-refractivity contribution in [3.63, 3.8) is 0 Å². The lowest BCUT2D eigenvalue weighted by molar-refractivity contribution is 0.438. The van der Waals surface area contributed by atoms with Crippen molar-refractivity contribution in [1.29, 1.82) is 0 Å². The lowest BCUT2D eigenvalue weighted by Crippen LogP contribution is -2.27. The zero-order chi connectivity index (χ0) is 13.1. The molecular formula is C14H23N3O. The number of nitrogens with zero attached hydrogens (tertiary/aromatic N) is 2. The summed E-state index contributed by atoms with van der Waals surface area (Å²) in [5.41, 5.74) is -0.0156. The Morgan fingerprint density at radius 2 is 2.28 bits per heavy atom. The fourth-order valence-corrected chi connectivity index (χ4v) is 2.71. The summed E-state index contributed by atoms with van der Waals surface area (Å²) in [5.74, 6) is 1.93. The zero-order valence-electron chi connectivity index (χ0n) is 11.5. The molecule has 1 heterocycles. The Morgan fingerprint density at radius 3 is 2.89 bits per heavy atom. The second-order valence-electron chi connectivity index (χ2n) is 5.63. The second-order valence-corrected chi connectivity index (χ2v) is 5.63. The van der Waals surface area contributed by atoms with Gasteiger partial charge in [0.1, 0.15) is 0 Å². The predicted molar refractivity (Wildman–Crippen MR) is 73.9 cm³/mol. The van der Waals surface area contributed by atoms with Crippen LogP contribution in [0.15, 0.2) is 17.2 Å². The van der Waals surface area contributed by atoms with Crippen molar-refractivity contribution in [2.24, 2.45) is 11.8 Å². The molecule has 0 aromatic carbocycles. The summed E-state index contributed by atoms with van der Waals surface area (Å²) in [4.78, 5) is 16.3. The van der Waals surface area contributed by atoms with Gasteiger partial charge < -0.3 is 9.88 Å². The van der Waals surface area contributed by atoms with Crippen LogP contribution in [0.25, 0.3) is 0 Å². The summed E-state index contributed by atoms with van der Waals surface area (Å²) in [5, 5.41) is 3.24. The first kappa shape index (κ1) is 13.1. The van der Waals surface area contributed by atoms with Gasteiger partial charge >= 0.3 is 0 Å². The highest BCUT2D eigenvalue weighted by atomic mass is 16.1. The van der Waals surface area contributed by atoms with Crippen LogP contribution in [0.5, 0.6) is 0 Å². The molecule has 2 atom stereocenters. The van der Waals surface area contributed by atoms with Crippen molar-refractivity contribution >= 4 is 5.82 Å². The minimum Gasteiger partial charge on any atom is -0.365 e. The lowest BCUT2D eigenvalue weighted by atomic mass is 9.98. The molecule has 1 N–H and O–H groups in total. The molecule has 1 aromatic rings. The van der Waals surface area contributed by atoms with Crippen LogP contribution in [0.1, 0.15) is 46.1 Å². The molecule has 0 saturated heterocycles. The molecular weight excluding hydrogens is 226 g/mol. The monoisotopic (exact) mass is 249 g/mol. The topological polar surface area (TPSA) is 46.9 Å². The minimum absolute atomic E-state index is 0.0156. The third kappa shape index (κ3) is 2.74. The average molecular weight is 249 g/mol. The number of nitrogens with one attached hydrogen (secondary N) is 1. The van der Waals surface area contributed by atoms with E-state index < -0.39 is 0 Å². The Balaban J connectivity index is 2.05. The van der Waals surface area contributed by atoms with Crippen LogP contribution in [0.2, 0.25) is 0 Å². The molecule has 4 heteroatoms. The van der Waals surface area contributed by atoms with E-state index in [9.17, 15) is 4.79 Å². The highest BCUT2D eigenvalue weighted by Crippen LogP contribution is 2.30. The Labute approximate surface area is 108 Å². The molecule has 0 radical (unpaired) electrons. The van der Waals surface area contributed by atoms with E-state index in [1.807, 2.05) is 13.8 Å². The summed E-state index contributed by atoms with van der Waals surface area (Å²) >= 11 is 0. The third-order valence-electron chi connectivity index (χ3n) is 4.00. The van der Waals surface area contributed by atoms with Gasteiger partial charge in [-0.1, -0.05) is 19.8 Å². The maximum Gasteiger partial charge on any atom is 0.293 e. The van der Waals surface area contributed by atoms with Gasteiger partial charge in [-0.05, 0) is 32.1 Å². The van der Waals surface area contributed by atoms with E-state index in [0.717, 1.165) is 12.5 Å². The molecule has 0 bridgehead atoms. The van der Waals surface area contributed by atoms with Crippen molar-refractivity contribution in [1.82, 2.24) is 9.55 Å². The molecule has 1 saturated carbocycles. The second kappa shape index (κ2) is 5.55. The van der Waals surface area contributed by atoms with Crippen molar-refractivity contribution in [2.75, 3.05) is 11.9 Å². The van der Waals surface area contributed by atoms with Gasteiger partial charge in [-0.25, -0.2) is 4.98 Å². The molecule has 0 spiro atoms. The maximum atomic E-state index is 12.1. The predicted octanol–water partition coefficient (Wildman–Crippen LogP) is 2.67. The van der Waals surface area contributed by atoms with Crippen molar-refractivity contribution in [2.45, 2.75) is 46.1 Å². The minimum atomic E-state index is -0.0156. The number of aromatic nitrogens is 2. The van der Waals surface area contributed by atoms with Crippen molar-refractivity contribution < 1.29 is 0 Å². The summed E-state index contributed by atoms with van der Waals surface area (Å²) in [6, 6.07) is 0.173. The standard InChI is InChI=1S/C14H23N3O/c1-10(2)17-8-7-15-13(14(17)18)16-9-12-6-4-5-11(12)3/h7-8,10-12H,4-6,9H2,1-3H3,(H,15,16).